The summed E-state index contributed by atoms with van der Waals surface area (Å²) >= 11 is 0. The molecular weight excluding hydrogens is 174 g/mol. The third-order valence-electron chi connectivity index (χ3n) is 3.05. The van der Waals surface area contributed by atoms with Gasteiger partial charge in [0.2, 0.25) is 0 Å². The quantitative estimate of drug-likeness (QED) is 0.784. The average Bonchev–Trinajstić information content (AvgIpc) is 2.70. The van der Waals surface area contributed by atoms with Crippen LogP contribution in [0.1, 0.15) is 57.2 Å². The van der Waals surface area contributed by atoms with Crippen molar-refractivity contribution in [3.63, 3.8) is 0 Å². The van der Waals surface area contributed by atoms with Crippen LogP contribution in [0.2, 0.25) is 0 Å². The first-order chi connectivity index (χ1) is 6.68. The summed E-state index contributed by atoms with van der Waals surface area (Å²) < 4.78 is 2.09. The highest BCUT2D eigenvalue weighted by Gasteiger charge is 2.22. The molecule has 0 atom stereocenters. The van der Waals surface area contributed by atoms with Gasteiger partial charge in [0, 0.05) is 23.7 Å². The number of nitrogens with two attached hydrogens (primary N) is 1. The number of hydrogen-bond donors (Lipinski definition) is 1. The molecule has 0 bridgehead atoms. The van der Waals surface area contributed by atoms with E-state index < -0.39 is 0 Å². The molecule has 1 aromatic rings. The van der Waals surface area contributed by atoms with Crippen LogP contribution >= 0.6 is 0 Å². The Kier molecular flexibility index (Phi) is 2.48. The third kappa shape index (κ3) is 1.63. The molecule has 2 rings (SSSR count). The SMILES string of the molecule is CC(C)n1nc(N)cc1C1CCCC1. The lowest BCUT2D eigenvalue weighted by Gasteiger charge is -2.15. The maximum Gasteiger partial charge on any atom is 0.145 e. The van der Waals surface area contributed by atoms with Crippen LogP contribution in [0.3, 0.4) is 0 Å². The molecule has 0 spiro atoms. The number of rotatable bonds is 2. The van der Waals surface area contributed by atoms with Crippen molar-refractivity contribution in [3.8, 4) is 0 Å². The normalized spacial score (nSPS) is 18.2. The molecule has 0 aromatic carbocycles. The standard InChI is InChI=1S/C11H19N3/c1-8(2)14-10(7-11(12)13-14)9-5-3-4-6-9/h7-9H,3-6H2,1-2H3,(H2,12,13). The zero-order chi connectivity index (χ0) is 10.1. The summed E-state index contributed by atoms with van der Waals surface area (Å²) in [6, 6.07) is 2.47. The van der Waals surface area contributed by atoms with Gasteiger partial charge in [-0.25, -0.2) is 0 Å². The second-order valence-corrected chi connectivity index (χ2v) is 4.51. The van der Waals surface area contributed by atoms with Gasteiger partial charge in [0.15, 0.2) is 0 Å². The minimum absolute atomic E-state index is 0.419. The van der Waals surface area contributed by atoms with Gasteiger partial charge in [-0.1, -0.05) is 12.8 Å². The molecule has 2 N–H and O–H groups in total. The van der Waals surface area contributed by atoms with Gasteiger partial charge in [-0.15, -0.1) is 0 Å². The zero-order valence-corrected chi connectivity index (χ0v) is 9.03. The number of nitrogens with zero attached hydrogens (tertiary/aromatic N) is 2. The van der Waals surface area contributed by atoms with Crippen molar-refractivity contribution in [3.05, 3.63) is 11.8 Å². The Morgan fingerprint density at radius 1 is 1.43 bits per heavy atom. The Bertz CT molecular complexity index is 308. The van der Waals surface area contributed by atoms with E-state index in [4.69, 9.17) is 5.73 Å². The van der Waals surface area contributed by atoms with E-state index in [9.17, 15) is 0 Å². The van der Waals surface area contributed by atoms with Crippen LogP contribution in [0.25, 0.3) is 0 Å². The smallest absolute Gasteiger partial charge is 0.145 e. The van der Waals surface area contributed by atoms with Crippen molar-refractivity contribution < 1.29 is 0 Å². The molecule has 1 fully saturated rings. The van der Waals surface area contributed by atoms with E-state index in [0.29, 0.717) is 17.8 Å². The van der Waals surface area contributed by atoms with Gasteiger partial charge in [0.05, 0.1) is 0 Å². The van der Waals surface area contributed by atoms with E-state index in [1.807, 2.05) is 0 Å². The average molecular weight is 193 g/mol. The molecule has 0 aliphatic heterocycles. The van der Waals surface area contributed by atoms with Crippen molar-refractivity contribution in [1.82, 2.24) is 9.78 Å². The van der Waals surface area contributed by atoms with Gasteiger partial charge < -0.3 is 5.73 Å². The Balaban J connectivity index is 2.30. The highest BCUT2D eigenvalue weighted by Crippen LogP contribution is 2.35. The monoisotopic (exact) mass is 193 g/mol. The molecule has 3 heteroatoms. The van der Waals surface area contributed by atoms with Crippen LogP contribution in [0, 0.1) is 0 Å². The van der Waals surface area contributed by atoms with Gasteiger partial charge in [0.25, 0.3) is 0 Å². The molecule has 1 aliphatic carbocycles. The van der Waals surface area contributed by atoms with Crippen LogP contribution < -0.4 is 5.73 Å². The van der Waals surface area contributed by atoms with Gasteiger partial charge in [0.1, 0.15) is 5.82 Å². The van der Waals surface area contributed by atoms with Gasteiger partial charge in [-0.3, -0.25) is 4.68 Å². The Morgan fingerprint density at radius 3 is 2.64 bits per heavy atom. The van der Waals surface area contributed by atoms with E-state index >= 15 is 0 Å². The summed E-state index contributed by atoms with van der Waals surface area (Å²) in [5.74, 6) is 1.36. The molecule has 1 heterocycles. The Labute approximate surface area is 85.3 Å². The number of hydrogen-bond acceptors (Lipinski definition) is 2. The molecule has 1 saturated carbocycles. The molecule has 0 amide bonds. The Morgan fingerprint density at radius 2 is 2.07 bits per heavy atom. The summed E-state index contributed by atoms with van der Waals surface area (Å²) in [6.07, 6.45) is 5.32. The minimum Gasteiger partial charge on any atom is -0.382 e. The van der Waals surface area contributed by atoms with Crippen molar-refractivity contribution in [2.45, 2.75) is 51.5 Å². The van der Waals surface area contributed by atoms with Crippen LogP contribution in [-0.2, 0) is 0 Å². The zero-order valence-electron chi connectivity index (χ0n) is 9.03. The van der Waals surface area contributed by atoms with Crippen molar-refractivity contribution in [2.24, 2.45) is 0 Å². The maximum atomic E-state index is 5.75. The fourth-order valence-corrected chi connectivity index (χ4v) is 2.37. The number of anilines is 1. The molecule has 1 aromatic heterocycles. The lowest BCUT2D eigenvalue weighted by atomic mass is 10.0. The molecule has 3 nitrogen and oxygen atoms in total. The van der Waals surface area contributed by atoms with E-state index in [1.54, 1.807) is 0 Å². The predicted octanol–water partition coefficient (Wildman–Crippen LogP) is 2.70. The summed E-state index contributed by atoms with van der Waals surface area (Å²) in [6.45, 7) is 4.32. The summed E-state index contributed by atoms with van der Waals surface area (Å²) in [5.41, 5.74) is 7.10. The van der Waals surface area contributed by atoms with Crippen molar-refractivity contribution in [1.29, 1.82) is 0 Å². The molecule has 0 radical (unpaired) electrons. The molecule has 14 heavy (non-hydrogen) atoms. The largest absolute Gasteiger partial charge is 0.382 e. The van der Waals surface area contributed by atoms with E-state index in [2.05, 4.69) is 29.7 Å². The minimum atomic E-state index is 0.419. The fraction of sp³-hybridized carbons (Fsp3) is 0.727. The third-order valence-corrected chi connectivity index (χ3v) is 3.05. The second-order valence-electron chi connectivity index (χ2n) is 4.51. The van der Waals surface area contributed by atoms with Crippen LogP contribution in [0.5, 0.6) is 0 Å². The van der Waals surface area contributed by atoms with Crippen molar-refractivity contribution in [2.75, 3.05) is 5.73 Å². The topological polar surface area (TPSA) is 43.8 Å². The van der Waals surface area contributed by atoms with E-state index in [-0.39, 0.29) is 0 Å². The Hall–Kier alpha value is -0.990. The lowest BCUT2D eigenvalue weighted by molar-refractivity contribution is 0.486. The number of aromatic nitrogens is 2. The van der Waals surface area contributed by atoms with Gasteiger partial charge in [-0.2, -0.15) is 5.10 Å². The molecule has 1 aliphatic rings. The highest BCUT2D eigenvalue weighted by molar-refractivity contribution is 5.32. The molecular formula is C11H19N3. The van der Waals surface area contributed by atoms with Crippen LogP contribution in [0.15, 0.2) is 6.07 Å². The first-order valence-electron chi connectivity index (χ1n) is 5.53. The first kappa shape index (κ1) is 9.56. The fourth-order valence-electron chi connectivity index (χ4n) is 2.37. The maximum absolute atomic E-state index is 5.75. The van der Waals surface area contributed by atoms with Crippen LogP contribution in [-0.4, -0.2) is 9.78 Å². The van der Waals surface area contributed by atoms with Crippen LogP contribution in [0.4, 0.5) is 5.82 Å². The number of nitrogen functional groups attached to an aromatic ring is 1. The lowest BCUT2D eigenvalue weighted by Crippen LogP contribution is -2.09. The molecule has 0 unspecified atom stereocenters. The van der Waals surface area contributed by atoms with Gasteiger partial charge in [-0.05, 0) is 26.7 Å². The predicted molar refractivity (Wildman–Crippen MR) is 58.2 cm³/mol. The summed E-state index contributed by atoms with van der Waals surface area (Å²) in [4.78, 5) is 0. The second kappa shape index (κ2) is 3.64. The molecule has 78 valence electrons. The summed E-state index contributed by atoms with van der Waals surface area (Å²) in [5, 5.41) is 4.35. The van der Waals surface area contributed by atoms with E-state index in [0.717, 1.165) is 0 Å². The first-order valence-corrected chi connectivity index (χ1v) is 5.53. The molecule has 0 saturated heterocycles. The van der Waals surface area contributed by atoms with E-state index in [1.165, 1.54) is 31.4 Å². The summed E-state index contributed by atoms with van der Waals surface area (Å²) in [7, 11) is 0. The highest BCUT2D eigenvalue weighted by atomic mass is 15.3. The van der Waals surface area contributed by atoms with Gasteiger partial charge >= 0.3 is 0 Å². The van der Waals surface area contributed by atoms with Crippen molar-refractivity contribution >= 4 is 5.82 Å².